The molecule has 0 bridgehead atoms. The molecule has 0 unspecified atom stereocenters. The maximum Gasteiger partial charge on any atom is 0.249 e. The molecule has 1 heterocycles. The summed E-state index contributed by atoms with van der Waals surface area (Å²) in [7, 11) is 2.01. The first kappa shape index (κ1) is 7.47. The normalized spacial score (nSPS) is 34.1. The van der Waals surface area contributed by atoms with Crippen LogP contribution in [0.2, 0.25) is 0 Å². The van der Waals surface area contributed by atoms with E-state index < -0.39 is 5.92 Å². The van der Waals surface area contributed by atoms with Crippen LogP contribution < -0.4 is 0 Å². The zero-order valence-corrected chi connectivity index (χ0v) is 6.74. The summed E-state index contributed by atoms with van der Waals surface area (Å²) in [5, 5.41) is 0. The Labute approximate surface area is 65.4 Å². The second-order valence-electron chi connectivity index (χ2n) is 4.20. The summed E-state index contributed by atoms with van der Waals surface area (Å²) in [6.07, 6.45) is 1.23. The van der Waals surface area contributed by atoms with Crippen molar-refractivity contribution in [3.63, 3.8) is 0 Å². The second-order valence-corrected chi connectivity index (χ2v) is 4.20. The summed E-state index contributed by atoms with van der Waals surface area (Å²) in [5.74, 6) is -2.34. The van der Waals surface area contributed by atoms with Crippen molar-refractivity contribution in [1.82, 2.24) is 4.90 Å². The quantitative estimate of drug-likeness (QED) is 0.523. The van der Waals surface area contributed by atoms with Crippen LogP contribution in [-0.4, -0.2) is 31.0 Å². The Morgan fingerprint density at radius 3 is 2.27 bits per heavy atom. The molecule has 1 aliphatic carbocycles. The molecule has 1 spiro atoms. The van der Waals surface area contributed by atoms with Crippen molar-refractivity contribution in [3.05, 3.63) is 0 Å². The van der Waals surface area contributed by atoms with E-state index in [-0.39, 0.29) is 18.3 Å². The number of alkyl halides is 2. The molecule has 1 aliphatic heterocycles. The first-order valence-electron chi connectivity index (χ1n) is 4.08. The average molecular weight is 161 g/mol. The zero-order chi connectivity index (χ0) is 8.11. The fourth-order valence-corrected chi connectivity index (χ4v) is 2.49. The van der Waals surface area contributed by atoms with Crippen LogP contribution in [0.1, 0.15) is 19.3 Å². The molecule has 0 radical (unpaired) electrons. The van der Waals surface area contributed by atoms with Gasteiger partial charge in [0.2, 0.25) is 5.92 Å². The molecule has 0 amide bonds. The molecule has 3 heteroatoms. The molecule has 64 valence electrons. The van der Waals surface area contributed by atoms with Gasteiger partial charge in [-0.25, -0.2) is 8.78 Å². The highest BCUT2D eigenvalue weighted by molar-refractivity contribution is 5.03. The Kier molecular flexibility index (Phi) is 1.32. The Morgan fingerprint density at radius 2 is 1.91 bits per heavy atom. The lowest BCUT2D eigenvalue weighted by molar-refractivity contribution is -0.155. The number of hydrogen-bond acceptors (Lipinski definition) is 1. The van der Waals surface area contributed by atoms with E-state index in [2.05, 4.69) is 4.90 Å². The van der Waals surface area contributed by atoms with Crippen LogP contribution in [0.5, 0.6) is 0 Å². The minimum atomic E-state index is -2.34. The molecule has 0 aromatic heterocycles. The lowest BCUT2D eigenvalue weighted by Crippen LogP contribution is -2.47. The van der Waals surface area contributed by atoms with Crippen molar-refractivity contribution >= 4 is 0 Å². The Balaban J connectivity index is 1.97. The molecule has 2 fully saturated rings. The van der Waals surface area contributed by atoms with E-state index in [1.807, 2.05) is 7.05 Å². The van der Waals surface area contributed by atoms with E-state index in [4.69, 9.17) is 0 Å². The average Bonchev–Trinajstić information content (AvgIpc) is 2.08. The molecule has 1 saturated carbocycles. The zero-order valence-electron chi connectivity index (χ0n) is 6.74. The van der Waals surface area contributed by atoms with Gasteiger partial charge in [-0.15, -0.1) is 0 Å². The van der Waals surface area contributed by atoms with Crippen molar-refractivity contribution in [3.8, 4) is 0 Å². The van der Waals surface area contributed by atoms with Gasteiger partial charge in [-0.2, -0.15) is 0 Å². The number of hydrogen-bond donors (Lipinski definition) is 0. The topological polar surface area (TPSA) is 3.24 Å². The highest BCUT2D eigenvalue weighted by Gasteiger charge is 2.57. The van der Waals surface area contributed by atoms with Crippen molar-refractivity contribution in [2.75, 3.05) is 20.1 Å². The van der Waals surface area contributed by atoms with Gasteiger partial charge >= 0.3 is 0 Å². The first-order valence-corrected chi connectivity index (χ1v) is 4.08. The minimum absolute atomic E-state index is 0.00174. The van der Waals surface area contributed by atoms with Gasteiger partial charge in [0.25, 0.3) is 0 Å². The molecule has 0 aromatic carbocycles. The summed E-state index contributed by atoms with van der Waals surface area (Å²) in [5.41, 5.74) is -0.00174. The van der Waals surface area contributed by atoms with E-state index in [9.17, 15) is 8.78 Å². The Morgan fingerprint density at radius 1 is 1.27 bits per heavy atom. The lowest BCUT2D eigenvalue weighted by atomic mass is 9.65. The maximum atomic E-state index is 12.5. The Bertz CT molecular complexity index is 171. The SMILES string of the molecule is CN1CCC2(C1)CC(F)(F)C2. The molecule has 0 aromatic rings. The molecule has 2 aliphatic rings. The van der Waals surface area contributed by atoms with Gasteiger partial charge in [0.15, 0.2) is 0 Å². The van der Waals surface area contributed by atoms with Crippen molar-refractivity contribution in [2.24, 2.45) is 5.41 Å². The number of halogens is 2. The van der Waals surface area contributed by atoms with Crippen LogP contribution in [0.25, 0.3) is 0 Å². The van der Waals surface area contributed by atoms with Crippen molar-refractivity contribution < 1.29 is 8.78 Å². The highest BCUT2D eigenvalue weighted by Crippen LogP contribution is 2.56. The van der Waals surface area contributed by atoms with Gasteiger partial charge in [-0.05, 0) is 25.4 Å². The van der Waals surface area contributed by atoms with E-state index in [0.717, 1.165) is 19.5 Å². The number of likely N-dealkylation sites (tertiary alicyclic amines) is 1. The maximum absolute atomic E-state index is 12.5. The van der Waals surface area contributed by atoms with Crippen LogP contribution in [0.4, 0.5) is 8.78 Å². The largest absolute Gasteiger partial charge is 0.306 e. The third-order valence-corrected chi connectivity index (χ3v) is 2.90. The van der Waals surface area contributed by atoms with Crippen molar-refractivity contribution in [1.29, 1.82) is 0 Å². The van der Waals surface area contributed by atoms with Crippen LogP contribution in [0.3, 0.4) is 0 Å². The number of nitrogens with zero attached hydrogens (tertiary/aromatic N) is 1. The summed E-state index contributed by atoms with van der Waals surface area (Å²) < 4.78 is 25.1. The predicted molar refractivity (Wildman–Crippen MR) is 38.7 cm³/mol. The summed E-state index contributed by atoms with van der Waals surface area (Å²) in [4.78, 5) is 2.15. The van der Waals surface area contributed by atoms with Crippen LogP contribution >= 0.6 is 0 Å². The molecule has 1 nitrogen and oxygen atoms in total. The van der Waals surface area contributed by atoms with Crippen LogP contribution in [0.15, 0.2) is 0 Å². The lowest BCUT2D eigenvalue weighted by Gasteiger charge is -2.44. The smallest absolute Gasteiger partial charge is 0.249 e. The summed E-state index contributed by atoms with van der Waals surface area (Å²) in [6, 6.07) is 0. The molecule has 1 saturated heterocycles. The second kappa shape index (κ2) is 1.94. The van der Waals surface area contributed by atoms with E-state index in [1.165, 1.54) is 0 Å². The number of rotatable bonds is 0. The monoisotopic (exact) mass is 161 g/mol. The third-order valence-electron chi connectivity index (χ3n) is 2.90. The first-order chi connectivity index (χ1) is 5.02. The van der Waals surface area contributed by atoms with Gasteiger partial charge in [-0.1, -0.05) is 0 Å². The van der Waals surface area contributed by atoms with Gasteiger partial charge in [-0.3, -0.25) is 0 Å². The van der Waals surface area contributed by atoms with Gasteiger partial charge in [0.1, 0.15) is 0 Å². The van der Waals surface area contributed by atoms with Gasteiger partial charge < -0.3 is 4.90 Å². The van der Waals surface area contributed by atoms with E-state index in [1.54, 1.807) is 0 Å². The fourth-order valence-electron chi connectivity index (χ4n) is 2.49. The summed E-state index contributed by atoms with van der Waals surface area (Å²) in [6.45, 7) is 1.87. The molecule has 11 heavy (non-hydrogen) atoms. The van der Waals surface area contributed by atoms with E-state index in [0.29, 0.717) is 0 Å². The molecule has 0 atom stereocenters. The van der Waals surface area contributed by atoms with Crippen molar-refractivity contribution in [2.45, 2.75) is 25.2 Å². The molecule has 0 N–H and O–H groups in total. The molecule has 2 rings (SSSR count). The summed E-state index contributed by atoms with van der Waals surface area (Å²) >= 11 is 0. The van der Waals surface area contributed by atoms with Crippen LogP contribution in [0, 0.1) is 5.41 Å². The van der Waals surface area contributed by atoms with Gasteiger partial charge in [0.05, 0.1) is 0 Å². The molecular weight excluding hydrogens is 148 g/mol. The van der Waals surface area contributed by atoms with E-state index >= 15 is 0 Å². The minimum Gasteiger partial charge on any atom is -0.306 e. The Hall–Kier alpha value is -0.180. The highest BCUT2D eigenvalue weighted by atomic mass is 19.3. The third kappa shape index (κ3) is 1.15. The van der Waals surface area contributed by atoms with Crippen LogP contribution in [-0.2, 0) is 0 Å². The van der Waals surface area contributed by atoms with Gasteiger partial charge in [0, 0.05) is 19.4 Å². The predicted octanol–water partition coefficient (Wildman–Crippen LogP) is 1.74. The molecular formula is C8H13F2N. The fraction of sp³-hybridized carbons (Fsp3) is 1.00. The standard InChI is InChI=1S/C8H13F2N/c1-11-3-2-7(6-11)4-8(9,10)5-7/h2-6H2,1H3.